The lowest BCUT2D eigenvalue weighted by Gasteiger charge is -1.94. The smallest absolute Gasteiger partial charge is 0.155 e. The summed E-state index contributed by atoms with van der Waals surface area (Å²) in [5.41, 5.74) is 2.39. The van der Waals surface area contributed by atoms with Crippen molar-refractivity contribution in [3.8, 4) is 0 Å². The van der Waals surface area contributed by atoms with Crippen LogP contribution in [0, 0.1) is 0 Å². The van der Waals surface area contributed by atoms with Crippen molar-refractivity contribution >= 4 is 5.78 Å². The third kappa shape index (κ3) is 1.21. The molecule has 1 heteroatoms. The van der Waals surface area contributed by atoms with Crippen molar-refractivity contribution in [3.63, 3.8) is 0 Å². The van der Waals surface area contributed by atoms with Crippen LogP contribution in [0.15, 0.2) is 11.1 Å². The van der Waals surface area contributed by atoms with Gasteiger partial charge in [-0.05, 0) is 38.7 Å². The summed E-state index contributed by atoms with van der Waals surface area (Å²) in [6.07, 6.45) is 3.33. The summed E-state index contributed by atoms with van der Waals surface area (Å²) in [5.74, 6) is 0.269. The third-order valence-electron chi connectivity index (χ3n) is 1.92. The molecule has 1 rings (SSSR count). The first-order valence-corrected chi connectivity index (χ1v) is 3.41. The molecule has 9 heavy (non-hydrogen) atoms. The van der Waals surface area contributed by atoms with Gasteiger partial charge in [0.2, 0.25) is 0 Å². The Morgan fingerprint density at radius 3 is 2.33 bits per heavy atom. The van der Waals surface area contributed by atoms with Crippen LogP contribution in [0.1, 0.15) is 33.1 Å². The number of hydrogen-bond donors (Lipinski definition) is 0. The van der Waals surface area contributed by atoms with E-state index in [0.717, 1.165) is 18.4 Å². The normalized spacial score (nSPS) is 18.9. The van der Waals surface area contributed by atoms with Gasteiger partial charge in [-0.15, -0.1) is 0 Å². The summed E-state index contributed by atoms with van der Waals surface area (Å²) in [5, 5.41) is 0. The number of Topliss-reactive ketones (excluding diaryl/α,β-unsaturated/α-hetero) is 1. The Kier molecular flexibility index (Phi) is 1.70. The minimum absolute atomic E-state index is 0.269. The minimum Gasteiger partial charge on any atom is -0.295 e. The number of carbonyl (C=O) groups excluding carboxylic acids is 1. The molecule has 0 saturated carbocycles. The largest absolute Gasteiger partial charge is 0.295 e. The maximum atomic E-state index is 10.8. The van der Waals surface area contributed by atoms with E-state index < -0.39 is 0 Å². The van der Waals surface area contributed by atoms with Crippen LogP contribution < -0.4 is 0 Å². The van der Waals surface area contributed by atoms with Crippen LogP contribution in [0.5, 0.6) is 0 Å². The first kappa shape index (κ1) is 6.53. The third-order valence-corrected chi connectivity index (χ3v) is 1.92. The van der Waals surface area contributed by atoms with Crippen LogP contribution in [0.2, 0.25) is 0 Å². The minimum atomic E-state index is 0.269. The van der Waals surface area contributed by atoms with Gasteiger partial charge in [0.15, 0.2) is 5.78 Å². The molecule has 1 aliphatic rings. The average Bonchev–Trinajstić information content (AvgIpc) is 2.13. The highest BCUT2D eigenvalue weighted by atomic mass is 16.1. The highest BCUT2D eigenvalue weighted by molar-refractivity contribution is 5.94. The number of allylic oxidation sites excluding steroid dienone is 2. The molecule has 1 nitrogen and oxygen atoms in total. The van der Waals surface area contributed by atoms with Gasteiger partial charge in [0.25, 0.3) is 0 Å². The van der Waals surface area contributed by atoms with Crippen LogP contribution in [0.3, 0.4) is 0 Å². The maximum Gasteiger partial charge on any atom is 0.155 e. The topological polar surface area (TPSA) is 17.1 Å². The van der Waals surface area contributed by atoms with E-state index in [9.17, 15) is 4.79 Å². The van der Waals surface area contributed by atoms with E-state index in [1.54, 1.807) is 6.92 Å². The highest BCUT2D eigenvalue weighted by Crippen LogP contribution is 2.25. The monoisotopic (exact) mass is 124 g/mol. The molecule has 0 heterocycles. The van der Waals surface area contributed by atoms with E-state index in [0.29, 0.717) is 0 Å². The zero-order valence-corrected chi connectivity index (χ0v) is 6.03. The molecule has 50 valence electrons. The van der Waals surface area contributed by atoms with Crippen molar-refractivity contribution in [1.29, 1.82) is 0 Å². The molecule has 0 aromatic carbocycles. The number of ketones is 1. The van der Waals surface area contributed by atoms with Gasteiger partial charge in [0, 0.05) is 0 Å². The second-order valence-electron chi connectivity index (χ2n) is 2.67. The molecule has 0 amide bonds. The first-order chi connectivity index (χ1) is 4.22. The highest BCUT2D eigenvalue weighted by Gasteiger charge is 2.13. The predicted molar refractivity (Wildman–Crippen MR) is 37.2 cm³/mol. The van der Waals surface area contributed by atoms with E-state index in [4.69, 9.17) is 0 Å². The van der Waals surface area contributed by atoms with Crippen LogP contribution in [-0.4, -0.2) is 5.78 Å². The molecule has 0 saturated heterocycles. The number of carbonyl (C=O) groups is 1. The molecular formula is C8H12O. The fourth-order valence-electron chi connectivity index (χ4n) is 1.37. The number of rotatable bonds is 1. The van der Waals surface area contributed by atoms with Gasteiger partial charge in [0.1, 0.15) is 0 Å². The average molecular weight is 124 g/mol. The lowest BCUT2D eigenvalue weighted by Crippen LogP contribution is -1.93. The Hall–Kier alpha value is -0.590. The van der Waals surface area contributed by atoms with E-state index in [1.807, 2.05) is 0 Å². The summed E-state index contributed by atoms with van der Waals surface area (Å²) in [4.78, 5) is 10.8. The molecule has 0 atom stereocenters. The van der Waals surface area contributed by atoms with Gasteiger partial charge < -0.3 is 0 Å². The van der Waals surface area contributed by atoms with Gasteiger partial charge in [-0.25, -0.2) is 0 Å². The molecule has 1 aliphatic carbocycles. The van der Waals surface area contributed by atoms with Crippen LogP contribution in [0.25, 0.3) is 0 Å². The molecule has 0 aromatic heterocycles. The standard InChI is InChI=1S/C8H12O/c1-6-4-3-5-8(6)7(2)9/h3-5H2,1-2H3. The Morgan fingerprint density at radius 2 is 2.11 bits per heavy atom. The van der Waals surface area contributed by atoms with E-state index in [1.165, 1.54) is 12.0 Å². The summed E-state index contributed by atoms with van der Waals surface area (Å²) >= 11 is 0. The Labute approximate surface area is 55.8 Å². The Balaban J connectivity index is 2.78. The van der Waals surface area contributed by atoms with Crippen molar-refractivity contribution in [2.45, 2.75) is 33.1 Å². The van der Waals surface area contributed by atoms with Crippen LogP contribution in [0.4, 0.5) is 0 Å². The first-order valence-electron chi connectivity index (χ1n) is 3.41. The Bertz CT molecular complexity index is 165. The van der Waals surface area contributed by atoms with E-state index >= 15 is 0 Å². The lowest BCUT2D eigenvalue weighted by molar-refractivity contribution is -0.113. The number of hydrogen-bond acceptors (Lipinski definition) is 1. The second kappa shape index (κ2) is 2.34. The van der Waals surface area contributed by atoms with Crippen molar-refractivity contribution < 1.29 is 4.79 Å². The predicted octanol–water partition coefficient (Wildman–Crippen LogP) is 2.08. The molecule has 0 unspecified atom stereocenters. The quantitative estimate of drug-likeness (QED) is 0.523. The molecule has 0 radical (unpaired) electrons. The zero-order chi connectivity index (χ0) is 6.85. The molecule has 0 spiro atoms. The summed E-state index contributed by atoms with van der Waals surface area (Å²) in [6, 6.07) is 0. The van der Waals surface area contributed by atoms with Gasteiger partial charge in [-0.3, -0.25) is 4.79 Å². The van der Waals surface area contributed by atoms with Gasteiger partial charge in [-0.1, -0.05) is 5.57 Å². The van der Waals surface area contributed by atoms with E-state index in [2.05, 4.69) is 6.92 Å². The molecule has 0 aromatic rings. The fourth-order valence-corrected chi connectivity index (χ4v) is 1.37. The second-order valence-corrected chi connectivity index (χ2v) is 2.67. The lowest BCUT2D eigenvalue weighted by atomic mass is 10.1. The maximum absolute atomic E-state index is 10.8. The van der Waals surface area contributed by atoms with Gasteiger partial charge in [-0.2, -0.15) is 0 Å². The van der Waals surface area contributed by atoms with Crippen molar-refractivity contribution in [2.24, 2.45) is 0 Å². The van der Waals surface area contributed by atoms with Gasteiger partial charge >= 0.3 is 0 Å². The van der Waals surface area contributed by atoms with Gasteiger partial charge in [0.05, 0.1) is 0 Å². The Morgan fingerprint density at radius 1 is 1.44 bits per heavy atom. The summed E-state index contributed by atoms with van der Waals surface area (Å²) in [7, 11) is 0. The molecule has 0 bridgehead atoms. The molecule has 0 fully saturated rings. The van der Waals surface area contributed by atoms with Crippen LogP contribution in [-0.2, 0) is 4.79 Å². The fraction of sp³-hybridized carbons (Fsp3) is 0.625. The van der Waals surface area contributed by atoms with Crippen molar-refractivity contribution in [3.05, 3.63) is 11.1 Å². The van der Waals surface area contributed by atoms with Crippen LogP contribution >= 0.6 is 0 Å². The molecule has 0 N–H and O–H groups in total. The molecule has 0 aliphatic heterocycles. The summed E-state index contributed by atoms with van der Waals surface area (Å²) in [6.45, 7) is 3.72. The summed E-state index contributed by atoms with van der Waals surface area (Å²) < 4.78 is 0. The molecular weight excluding hydrogens is 112 g/mol. The van der Waals surface area contributed by atoms with Crippen molar-refractivity contribution in [1.82, 2.24) is 0 Å². The SMILES string of the molecule is CC(=O)C1=C(C)CCC1. The zero-order valence-electron chi connectivity index (χ0n) is 6.03. The van der Waals surface area contributed by atoms with E-state index in [-0.39, 0.29) is 5.78 Å². The van der Waals surface area contributed by atoms with Crippen molar-refractivity contribution in [2.75, 3.05) is 0 Å².